The van der Waals surface area contributed by atoms with E-state index in [1.54, 1.807) is 11.3 Å². The molecule has 2 heterocycles. The van der Waals surface area contributed by atoms with Crippen molar-refractivity contribution in [3.05, 3.63) is 45.9 Å². The van der Waals surface area contributed by atoms with E-state index in [-0.39, 0.29) is 0 Å². The van der Waals surface area contributed by atoms with Gasteiger partial charge >= 0.3 is 0 Å². The number of hydrogen-bond donors (Lipinski definition) is 2. The third kappa shape index (κ3) is 6.04. The van der Waals surface area contributed by atoms with Crippen LogP contribution >= 0.6 is 11.3 Å². The van der Waals surface area contributed by atoms with Gasteiger partial charge in [0.05, 0.1) is 10.7 Å². The van der Waals surface area contributed by atoms with Gasteiger partial charge in [0.2, 0.25) is 0 Å². The number of nitrogens with zero attached hydrogens (tertiary/aromatic N) is 3. The number of likely N-dealkylation sites (tertiary alicyclic amines) is 1. The predicted molar refractivity (Wildman–Crippen MR) is 115 cm³/mol. The number of nitrogens with two attached hydrogens (primary N) is 1. The second kappa shape index (κ2) is 9.85. The number of benzene rings is 1. The number of guanidine groups is 1. The maximum absolute atomic E-state index is 6.06. The molecular formula is C21H31N5S. The third-order valence-electron chi connectivity index (χ3n) is 5.15. The Morgan fingerprint density at radius 3 is 2.59 bits per heavy atom. The van der Waals surface area contributed by atoms with Gasteiger partial charge in [0, 0.05) is 24.2 Å². The summed E-state index contributed by atoms with van der Waals surface area (Å²) in [5.41, 5.74) is 9.60. The molecule has 3 rings (SSSR count). The van der Waals surface area contributed by atoms with Crippen LogP contribution in [-0.2, 0) is 19.4 Å². The fourth-order valence-electron chi connectivity index (χ4n) is 3.38. The van der Waals surface area contributed by atoms with E-state index in [2.05, 4.69) is 63.7 Å². The molecule has 0 atom stereocenters. The van der Waals surface area contributed by atoms with E-state index in [0.29, 0.717) is 11.9 Å². The van der Waals surface area contributed by atoms with Crippen molar-refractivity contribution in [1.29, 1.82) is 0 Å². The Labute approximate surface area is 166 Å². The van der Waals surface area contributed by atoms with Gasteiger partial charge in [-0.25, -0.2) is 4.98 Å². The smallest absolute Gasteiger partial charge is 0.193 e. The van der Waals surface area contributed by atoms with Crippen molar-refractivity contribution in [2.45, 2.75) is 46.1 Å². The van der Waals surface area contributed by atoms with Crippen LogP contribution in [0.25, 0.3) is 0 Å². The lowest BCUT2D eigenvalue weighted by atomic mass is 9.97. The first-order valence-electron chi connectivity index (χ1n) is 9.97. The summed E-state index contributed by atoms with van der Waals surface area (Å²) in [6, 6.07) is 8.36. The molecular weight excluding hydrogens is 354 g/mol. The van der Waals surface area contributed by atoms with Gasteiger partial charge in [-0.05, 0) is 62.4 Å². The first kappa shape index (κ1) is 19.8. The molecule has 1 saturated heterocycles. The van der Waals surface area contributed by atoms with Gasteiger partial charge in [0.1, 0.15) is 0 Å². The van der Waals surface area contributed by atoms with E-state index in [0.717, 1.165) is 44.7 Å². The van der Waals surface area contributed by atoms with Crippen LogP contribution in [0, 0.1) is 5.92 Å². The number of thiazole rings is 1. The summed E-state index contributed by atoms with van der Waals surface area (Å²) in [5, 5.41) is 6.63. The SMILES string of the molecule is CCc1ccc(NC(N)=NCC2CCN(Cc3csc(CC)n3)CC2)cc1. The van der Waals surface area contributed by atoms with Crippen LogP contribution in [0.2, 0.25) is 0 Å². The topological polar surface area (TPSA) is 66.5 Å². The van der Waals surface area contributed by atoms with Crippen molar-refractivity contribution in [3.63, 3.8) is 0 Å². The van der Waals surface area contributed by atoms with Crippen LogP contribution in [0.3, 0.4) is 0 Å². The monoisotopic (exact) mass is 385 g/mol. The Bertz CT molecular complexity index is 729. The molecule has 0 unspecified atom stereocenters. The Morgan fingerprint density at radius 2 is 1.96 bits per heavy atom. The molecule has 1 fully saturated rings. The van der Waals surface area contributed by atoms with E-state index in [9.17, 15) is 0 Å². The van der Waals surface area contributed by atoms with E-state index >= 15 is 0 Å². The molecule has 2 aromatic rings. The van der Waals surface area contributed by atoms with Crippen molar-refractivity contribution in [1.82, 2.24) is 9.88 Å². The molecule has 146 valence electrons. The second-order valence-electron chi connectivity index (χ2n) is 7.21. The molecule has 0 saturated carbocycles. The summed E-state index contributed by atoms with van der Waals surface area (Å²) in [6.07, 6.45) is 4.42. The molecule has 27 heavy (non-hydrogen) atoms. The molecule has 1 aliphatic rings. The zero-order chi connectivity index (χ0) is 19.1. The first-order chi connectivity index (χ1) is 13.2. The van der Waals surface area contributed by atoms with Gasteiger partial charge in [0.25, 0.3) is 0 Å². The molecule has 1 aliphatic heterocycles. The van der Waals surface area contributed by atoms with Gasteiger partial charge in [0.15, 0.2) is 5.96 Å². The first-order valence-corrected chi connectivity index (χ1v) is 10.9. The van der Waals surface area contributed by atoms with E-state index in [1.807, 2.05) is 0 Å². The Hall–Kier alpha value is -1.92. The van der Waals surface area contributed by atoms with Crippen molar-refractivity contribution >= 4 is 23.0 Å². The summed E-state index contributed by atoms with van der Waals surface area (Å²) in [4.78, 5) is 11.8. The van der Waals surface area contributed by atoms with Crippen LogP contribution < -0.4 is 11.1 Å². The minimum absolute atomic E-state index is 0.510. The van der Waals surface area contributed by atoms with Crippen LogP contribution in [0.5, 0.6) is 0 Å². The highest BCUT2D eigenvalue weighted by Gasteiger charge is 2.19. The largest absolute Gasteiger partial charge is 0.370 e. The number of rotatable bonds is 7. The van der Waals surface area contributed by atoms with Crippen molar-refractivity contribution in [2.75, 3.05) is 25.0 Å². The molecule has 3 N–H and O–H groups in total. The zero-order valence-electron chi connectivity index (χ0n) is 16.4. The molecule has 0 bridgehead atoms. The van der Waals surface area contributed by atoms with E-state index < -0.39 is 0 Å². The van der Waals surface area contributed by atoms with Crippen molar-refractivity contribution in [2.24, 2.45) is 16.6 Å². The number of hydrogen-bond acceptors (Lipinski definition) is 4. The minimum atomic E-state index is 0.510. The van der Waals surface area contributed by atoms with Gasteiger partial charge in [-0.2, -0.15) is 0 Å². The number of anilines is 1. The zero-order valence-corrected chi connectivity index (χ0v) is 17.3. The van der Waals surface area contributed by atoms with Crippen LogP contribution in [-0.4, -0.2) is 35.5 Å². The summed E-state index contributed by atoms with van der Waals surface area (Å²) < 4.78 is 0. The summed E-state index contributed by atoms with van der Waals surface area (Å²) in [5.74, 6) is 1.13. The Balaban J connectivity index is 1.40. The third-order valence-corrected chi connectivity index (χ3v) is 6.19. The quantitative estimate of drug-likeness (QED) is 0.560. The molecule has 0 aliphatic carbocycles. The maximum atomic E-state index is 6.06. The molecule has 1 aromatic heterocycles. The lowest BCUT2D eigenvalue weighted by Gasteiger charge is -2.30. The minimum Gasteiger partial charge on any atom is -0.370 e. The molecule has 0 spiro atoms. The molecule has 0 radical (unpaired) electrons. The molecule has 1 aromatic carbocycles. The average molecular weight is 386 g/mol. The number of aromatic nitrogens is 1. The standard InChI is InChI=1S/C21H31N5S/c1-3-16-5-7-18(8-6-16)25-21(22)23-13-17-9-11-26(12-10-17)14-19-15-27-20(4-2)24-19/h5-8,15,17H,3-4,9-14H2,1-2H3,(H3,22,23,25). The summed E-state index contributed by atoms with van der Waals surface area (Å²) in [6.45, 7) is 8.33. The molecule has 5 nitrogen and oxygen atoms in total. The van der Waals surface area contributed by atoms with Gasteiger partial charge < -0.3 is 11.1 Å². The lowest BCUT2D eigenvalue weighted by molar-refractivity contribution is 0.179. The Kier molecular flexibility index (Phi) is 7.24. The number of piperidine rings is 1. The second-order valence-corrected chi connectivity index (χ2v) is 8.15. The van der Waals surface area contributed by atoms with Crippen LogP contribution in [0.1, 0.15) is 43.0 Å². The summed E-state index contributed by atoms with van der Waals surface area (Å²) >= 11 is 1.78. The number of aryl methyl sites for hydroxylation is 2. The Morgan fingerprint density at radius 1 is 1.22 bits per heavy atom. The van der Waals surface area contributed by atoms with E-state index in [4.69, 9.17) is 5.73 Å². The van der Waals surface area contributed by atoms with Crippen LogP contribution in [0.15, 0.2) is 34.6 Å². The van der Waals surface area contributed by atoms with E-state index in [1.165, 1.54) is 29.1 Å². The average Bonchev–Trinajstić information content (AvgIpc) is 3.15. The predicted octanol–water partition coefficient (Wildman–Crippen LogP) is 3.91. The fourth-order valence-corrected chi connectivity index (χ4v) is 4.11. The van der Waals surface area contributed by atoms with Crippen LogP contribution in [0.4, 0.5) is 5.69 Å². The van der Waals surface area contributed by atoms with Gasteiger partial charge in [-0.15, -0.1) is 11.3 Å². The highest BCUT2D eigenvalue weighted by Crippen LogP contribution is 2.20. The number of aliphatic imine (C=N–C) groups is 1. The molecule has 6 heteroatoms. The molecule has 0 amide bonds. The number of nitrogens with one attached hydrogen (secondary N) is 1. The normalized spacial score (nSPS) is 16.6. The summed E-state index contributed by atoms with van der Waals surface area (Å²) in [7, 11) is 0. The van der Waals surface area contributed by atoms with Crippen molar-refractivity contribution in [3.8, 4) is 0 Å². The fraction of sp³-hybridized carbons (Fsp3) is 0.524. The van der Waals surface area contributed by atoms with Gasteiger partial charge in [-0.3, -0.25) is 9.89 Å². The highest BCUT2D eigenvalue weighted by molar-refractivity contribution is 7.09. The lowest BCUT2D eigenvalue weighted by Crippen LogP contribution is -2.34. The van der Waals surface area contributed by atoms with Crippen molar-refractivity contribution < 1.29 is 0 Å². The van der Waals surface area contributed by atoms with Gasteiger partial charge in [-0.1, -0.05) is 26.0 Å². The highest BCUT2D eigenvalue weighted by atomic mass is 32.1. The maximum Gasteiger partial charge on any atom is 0.193 e.